The molecule has 0 unspecified atom stereocenters. The standard InChI is InChI=1S/C9H12N4/c10-5-1-3-8-4-2-6-13-9(8)7-11-12-13/h2,4,6-7H,1,3,5,10H2. The van der Waals surface area contributed by atoms with E-state index < -0.39 is 0 Å². The molecule has 4 nitrogen and oxygen atoms in total. The Bertz CT molecular complexity index is 393. The molecule has 0 aliphatic rings. The van der Waals surface area contributed by atoms with Crippen LogP contribution in [0.15, 0.2) is 24.5 Å². The van der Waals surface area contributed by atoms with Crippen LogP contribution in [0, 0.1) is 0 Å². The van der Waals surface area contributed by atoms with Gasteiger partial charge in [0.25, 0.3) is 0 Å². The Labute approximate surface area is 76.4 Å². The van der Waals surface area contributed by atoms with E-state index in [-0.39, 0.29) is 0 Å². The van der Waals surface area contributed by atoms with Gasteiger partial charge in [0.1, 0.15) is 0 Å². The van der Waals surface area contributed by atoms with Gasteiger partial charge in [0.2, 0.25) is 0 Å². The van der Waals surface area contributed by atoms with Gasteiger partial charge in [0.05, 0.1) is 11.7 Å². The molecule has 0 aliphatic heterocycles. The molecule has 0 aliphatic carbocycles. The predicted octanol–water partition coefficient (Wildman–Crippen LogP) is 0.621. The molecular weight excluding hydrogens is 164 g/mol. The summed E-state index contributed by atoms with van der Waals surface area (Å²) in [6, 6.07) is 4.07. The molecule has 0 fully saturated rings. The Morgan fingerprint density at radius 3 is 3.23 bits per heavy atom. The second kappa shape index (κ2) is 3.53. The second-order valence-corrected chi connectivity index (χ2v) is 2.99. The molecule has 0 amide bonds. The fourth-order valence-electron chi connectivity index (χ4n) is 1.41. The van der Waals surface area contributed by atoms with Crippen molar-refractivity contribution in [3.8, 4) is 0 Å². The number of hydrogen-bond donors (Lipinski definition) is 1. The maximum Gasteiger partial charge on any atom is 0.0896 e. The minimum absolute atomic E-state index is 0.725. The first-order valence-corrected chi connectivity index (χ1v) is 4.40. The zero-order valence-corrected chi connectivity index (χ0v) is 7.35. The molecule has 0 saturated carbocycles. The van der Waals surface area contributed by atoms with E-state index in [2.05, 4.69) is 16.4 Å². The first-order valence-electron chi connectivity index (χ1n) is 4.40. The summed E-state index contributed by atoms with van der Waals surface area (Å²) < 4.78 is 1.78. The monoisotopic (exact) mass is 176 g/mol. The molecule has 2 aromatic rings. The number of rotatable bonds is 3. The molecule has 0 aromatic carbocycles. The number of aryl methyl sites for hydroxylation is 1. The fraction of sp³-hybridized carbons (Fsp3) is 0.333. The molecule has 0 spiro atoms. The Morgan fingerprint density at radius 2 is 2.38 bits per heavy atom. The van der Waals surface area contributed by atoms with Crippen LogP contribution in [0.3, 0.4) is 0 Å². The number of hydrogen-bond acceptors (Lipinski definition) is 3. The summed E-state index contributed by atoms with van der Waals surface area (Å²) in [7, 11) is 0. The van der Waals surface area contributed by atoms with Crippen molar-refractivity contribution in [2.24, 2.45) is 5.73 Å². The number of nitrogens with zero attached hydrogens (tertiary/aromatic N) is 3. The average molecular weight is 176 g/mol. The maximum absolute atomic E-state index is 5.46. The highest BCUT2D eigenvalue weighted by Gasteiger charge is 2.00. The van der Waals surface area contributed by atoms with Crippen molar-refractivity contribution in [3.05, 3.63) is 30.1 Å². The van der Waals surface area contributed by atoms with Crippen molar-refractivity contribution in [3.63, 3.8) is 0 Å². The topological polar surface area (TPSA) is 56.2 Å². The lowest BCUT2D eigenvalue weighted by Gasteiger charge is -2.00. The van der Waals surface area contributed by atoms with Gasteiger partial charge >= 0.3 is 0 Å². The van der Waals surface area contributed by atoms with Gasteiger partial charge in [-0.25, -0.2) is 4.52 Å². The van der Waals surface area contributed by atoms with Gasteiger partial charge in [-0.3, -0.25) is 0 Å². The van der Waals surface area contributed by atoms with Crippen LogP contribution in [0.1, 0.15) is 12.0 Å². The van der Waals surface area contributed by atoms with Crippen LogP contribution < -0.4 is 5.73 Å². The van der Waals surface area contributed by atoms with Gasteiger partial charge in [-0.2, -0.15) is 0 Å². The first kappa shape index (κ1) is 8.19. The largest absolute Gasteiger partial charge is 0.330 e. The molecule has 0 radical (unpaired) electrons. The summed E-state index contributed by atoms with van der Waals surface area (Å²) >= 11 is 0. The lowest BCUT2D eigenvalue weighted by molar-refractivity contribution is 0.819. The summed E-state index contributed by atoms with van der Waals surface area (Å²) in [6.07, 6.45) is 5.68. The van der Waals surface area contributed by atoms with Crippen molar-refractivity contribution in [2.75, 3.05) is 6.54 Å². The average Bonchev–Trinajstić information content (AvgIpc) is 2.62. The number of fused-ring (bicyclic) bond motifs is 1. The molecule has 0 bridgehead atoms. The Kier molecular flexibility index (Phi) is 2.23. The first-order chi connectivity index (χ1) is 6.42. The molecule has 2 aromatic heterocycles. The van der Waals surface area contributed by atoms with E-state index in [4.69, 9.17) is 5.73 Å². The Hall–Kier alpha value is -1.42. The third-order valence-electron chi connectivity index (χ3n) is 2.08. The summed E-state index contributed by atoms with van der Waals surface area (Å²) in [4.78, 5) is 0. The van der Waals surface area contributed by atoms with E-state index in [0.29, 0.717) is 0 Å². The third kappa shape index (κ3) is 1.53. The molecule has 0 saturated heterocycles. The Balaban J connectivity index is 2.37. The molecule has 13 heavy (non-hydrogen) atoms. The van der Waals surface area contributed by atoms with E-state index in [0.717, 1.165) is 24.9 Å². The molecule has 0 atom stereocenters. The van der Waals surface area contributed by atoms with Gasteiger partial charge in [-0.15, -0.1) is 5.10 Å². The molecule has 2 rings (SSSR count). The van der Waals surface area contributed by atoms with Crippen LogP contribution in [-0.4, -0.2) is 21.4 Å². The predicted molar refractivity (Wildman–Crippen MR) is 50.4 cm³/mol. The minimum atomic E-state index is 0.725. The Morgan fingerprint density at radius 1 is 1.46 bits per heavy atom. The van der Waals surface area contributed by atoms with Crippen molar-refractivity contribution >= 4 is 5.52 Å². The van der Waals surface area contributed by atoms with E-state index >= 15 is 0 Å². The van der Waals surface area contributed by atoms with Gasteiger partial charge in [0.15, 0.2) is 0 Å². The summed E-state index contributed by atoms with van der Waals surface area (Å²) in [5.74, 6) is 0. The summed E-state index contributed by atoms with van der Waals surface area (Å²) in [6.45, 7) is 0.725. The van der Waals surface area contributed by atoms with Crippen LogP contribution in [-0.2, 0) is 6.42 Å². The van der Waals surface area contributed by atoms with Gasteiger partial charge in [-0.05, 0) is 31.0 Å². The molecule has 2 heterocycles. The summed E-state index contributed by atoms with van der Waals surface area (Å²) in [5.41, 5.74) is 7.80. The third-order valence-corrected chi connectivity index (χ3v) is 2.08. The van der Waals surface area contributed by atoms with E-state index in [9.17, 15) is 0 Å². The van der Waals surface area contributed by atoms with Crippen LogP contribution >= 0.6 is 0 Å². The van der Waals surface area contributed by atoms with Crippen molar-refractivity contribution < 1.29 is 0 Å². The van der Waals surface area contributed by atoms with E-state index in [1.165, 1.54) is 5.56 Å². The lowest BCUT2D eigenvalue weighted by Crippen LogP contribution is -2.01. The normalized spacial score (nSPS) is 10.8. The van der Waals surface area contributed by atoms with Crippen LogP contribution in [0.4, 0.5) is 0 Å². The van der Waals surface area contributed by atoms with Gasteiger partial charge in [0, 0.05) is 6.20 Å². The molecule has 68 valence electrons. The summed E-state index contributed by atoms with van der Waals surface area (Å²) in [5, 5.41) is 7.77. The quantitative estimate of drug-likeness (QED) is 0.745. The highest BCUT2D eigenvalue weighted by molar-refractivity contribution is 5.51. The van der Waals surface area contributed by atoms with Crippen LogP contribution in [0.5, 0.6) is 0 Å². The zero-order chi connectivity index (χ0) is 9.10. The number of aromatic nitrogens is 3. The van der Waals surface area contributed by atoms with Crippen LogP contribution in [0.25, 0.3) is 5.52 Å². The van der Waals surface area contributed by atoms with Gasteiger partial charge < -0.3 is 5.73 Å². The molecular formula is C9H12N4. The number of nitrogens with two attached hydrogens (primary N) is 1. The molecule has 4 heteroatoms. The maximum atomic E-state index is 5.46. The SMILES string of the molecule is NCCCc1cccn2nncc12. The highest BCUT2D eigenvalue weighted by atomic mass is 15.4. The molecule has 2 N–H and O–H groups in total. The smallest absolute Gasteiger partial charge is 0.0896 e. The van der Waals surface area contributed by atoms with Crippen molar-refractivity contribution in [2.45, 2.75) is 12.8 Å². The van der Waals surface area contributed by atoms with E-state index in [1.54, 1.807) is 10.7 Å². The van der Waals surface area contributed by atoms with Gasteiger partial charge in [-0.1, -0.05) is 11.3 Å². The number of pyridine rings is 1. The fourth-order valence-corrected chi connectivity index (χ4v) is 1.41. The zero-order valence-electron chi connectivity index (χ0n) is 7.35. The highest BCUT2D eigenvalue weighted by Crippen LogP contribution is 2.10. The van der Waals surface area contributed by atoms with Crippen molar-refractivity contribution in [1.29, 1.82) is 0 Å². The van der Waals surface area contributed by atoms with Crippen LogP contribution in [0.2, 0.25) is 0 Å². The second-order valence-electron chi connectivity index (χ2n) is 2.99. The lowest BCUT2D eigenvalue weighted by atomic mass is 10.1. The van der Waals surface area contributed by atoms with Crippen molar-refractivity contribution in [1.82, 2.24) is 14.8 Å². The van der Waals surface area contributed by atoms with E-state index in [1.807, 2.05) is 12.3 Å². The minimum Gasteiger partial charge on any atom is -0.330 e.